The zero-order valence-corrected chi connectivity index (χ0v) is 11.7. The van der Waals surface area contributed by atoms with Gasteiger partial charge in [-0.15, -0.1) is 0 Å². The van der Waals surface area contributed by atoms with Crippen molar-refractivity contribution in [1.82, 2.24) is 14.8 Å². The lowest BCUT2D eigenvalue weighted by molar-refractivity contribution is -0.384. The Balaban J connectivity index is 2.56. The van der Waals surface area contributed by atoms with E-state index in [-0.39, 0.29) is 17.3 Å². The fourth-order valence-corrected chi connectivity index (χ4v) is 1.44. The van der Waals surface area contributed by atoms with E-state index in [1.807, 2.05) is 0 Å². The van der Waals surface area contributed by atoms with E-state index < -0.39 is 4.92 Å². The summed E-state index contributed by atoms with van der Waals surface area (Å²) in [4.78, 5) is 27.6. The van der Waals surface area contributed by atoms with Gasteiger partial charge in [-0.25, -0.2) is 0 Å². The third-order valence-electron chi connectivity index (χ3n) is 2.56. The summed E-state index contributed by atoms with van der Waals surface area (Å²) in [7, 11) is 5.10. The standard InChI is InChI=1S/C11H18N6O3/c1-15(2)11(12)14-5-4-13-10(18)9-6-8(17(19)20)7-16(9)3/h6-7H,4-5H2,1-3H3,(H2,12,14)(H,13,18). The lowest BCUT2D eigenvalue weighted by Crippen LogP contribution is -2.32. The van der Waals surface area contributed by atoms with E-state index >= 15 is 0 Å². The third kappa shape index (κ3) is 3.97. The van der Waals surface area contributed by atoms with Crippen LogP contribution in [0, 0.1) is 10.1 Å². The van der Waals surface area contributed by atoms with Crippen molar-refractivity contribution < 1.29 is 9.72 Å². The van der Waals surface area contributed by atoms with Gasteiger partial charge in [0, 0.05) is 33.8 Å². The molecule has 0 radical (unpaired) electrons. The molecule has 0 saturated carbocycles. The number of hydrogen-bond donors (Lipinski definition) is 2. The third-order valence-corrected chi connectivity index (χ3v) is 2.56. The fraction of sp³-hybridized carbons (Fsp3) is 0.455. The molecule has 1 heterocycles. The number of nitrogens with one attached hydrogen (secondary N) is 1. The van der Waals surface area contributed by atoms with Gasteiger partial charge in [-0.2, -0.15) is 0 Å². The van der Waals surface area contributed by atoms with E-state index in [4.69, 9.17) is 5.73 Å². The summed E-state index contributed by atoms with van der Waals surface area (Å²) >= 11 is 0. The molecule has 3 N–H and O–H groups in total. The maximum absolute atomic E-state index is 11.8. The number of aliphatic imine (C=N–C) groups is 1. The molecular formula is C11H18N6O3. The molecule has 0 aromatic carbocycles. The van der Waals surface area contributed by atoms with E-state index in [0.29, 0.717) is 19.0 Å². The molecule has 1 aromatic rings. The maximum Gasteiger partial charge on any atom is 0.287 e. The highest BCUT2D eigenvalue weighted by Gasteiger charge is 2.16. The molecule has 1 amide bonds. The van der Waals surface area contributed by atoms with Crippen LogP contribution in [0.15, 0.2) is 17.3 Å². The highest BCUT2D eigenvalue weighted by Crippen LogP contribution is 2.14. The van der Waals surface area contributed by atoms with Gasteiger partial charge in [-0.3, -0.25) is 19.9 Å². The van der Waals surface area contributed by atoms with Gasteiger partial charge >= 0.3 is 0 Å². The zero-order chi connectivity index (χ0) is 15.3. The van der Waals surface area contributed by atoms with Crippen LogP contribution < -0.4 is 11.1 Å². The highest BCUT2D eigenvalue weighted by molar-refractivity contribution is 5.93. The van der Waals surface area contributed by atoms with Gasteiger partial charge in [0.25, 0.3) is 11.6 Å². The number of amides is 1. The van der Waals surface area contributed by atoms with Crippen LogP contribution in [0.3, 0.4) is 0 Å². The van der Waals surface area contributed by atoms with Crippen molar-refractivity contribution in [3.05, 3.63) is 28.1 Å². The number of rotatable bonds is 5. The average Bonchev–Trinajstić information content (AvgIpc) is 2.76. The van der Waals surface area contributed by atoms with Gasteiger partial charge in [0.1, 0.15) is 5.69 Å². The Kier molecular flexibility index (Phi) is 5.07. The lowest BCUT2D eigenvalue weighted by Gasteiger charge is -2.10. The number of hydrogen-bond acceptors (Lipinski definition) is 4. The number of aromatic nitrogens is 1. The van der Waals surface area contributed by atoms with Crippen LogP contribution in [0.1, 0.15) is 10.5 Å². The van der Waals surface area contributed by atoms with Gasteiger partial charge in [0.05, 0.1) is 17.7 Å². The molecule has 0 unspecified atom stereocenters. The minimum Gasteiger partial charge on any atom is -0.370 e. The number of carbonyl (C=O) groups is 1. The first-order valence-electron chi connectivity index (χ1n) is 5.89. The smallest absolute Gasteiger partial charge is 0.287 e. The number of carbonyl (C=O) groups excluding carboxylic acids is 1. The van der Waals surface area contributed by atoms with Crippen LogP contribution in [0.4, 0.5) is 5.69 Å². The summed E-state index contributed by atoms with van der Waals surface area (Å²) in [5, 5.41) is 13.2. The highest BCUT2D eigenvalue weighted by atomic mass is 16.6. The Morgan fingerprint density at radius 2 is 2.25 bits per heavy atom. The number of nitrogens with zero attached hydrogens (tertiary/aromatic N) is 4. The molecule has 0 aliphatic heterocycles. The first-order valence-corrected chi connectivity index (χ1v) is 5.89. The van der Waals surface area contributed by atoms with Crippen molar-refractivity contribution in [3.63, 3.8) is 0 Å². The second kappa shape index (κ2) is 6.55. The number of aryl methyl sites for hydroxylation is 1. The van der Waals surface area contributed by atoms with Gasteiger partial charge in [0.15, 0.2) is 5.96 Å². The minimum absolute atomic E-state index is 0.118. The van der Waals surface area contributed by atoms with Gasteiger partial charge in [-0.1, -0.05) is 0 Å². The van der Waals surface area contributed by atoms with Gasteiger partial charge in [-0.05, 0) is 0 Å². The Labute approximate surface area is 116 Å². The topological polar surface area (TPSA) is 119 Å². The van der Waals surface area contributed by atoms with Crippen LogP contribution in [0.25, 0.3) is 0 Å². The zero-order valence-electron chi connectivity index (χ0n) is 11.7. The van der Waals surface area contributed by atoms with Gasteiger partial charge in [0.2, 0.25) is 0 Å². The van der Waals surface area contributed by atoms with Crippen LogP contribution >= 0.6 is 0 Å². The molecule has 1 rings (SSSR count). The molecule has 0 aliphatic rings. The van der Waals surface area contributed by atoms with Crippen molar-refractivity contribution >= 4 is 17.6 Å². The molecule has 0 aliphatic carbocycles. The Bertz CT molecular complexity index is 534. The second-order valence-electron chi connectivity index (χ2n) is 4.34. The van der Waals surface area contributed by atoms with Crippen molar-refractivity contribution in [1.29, 1.82) is 0 Å². The predicted octanol–water partition coefficient (Wildman–Crippen LogP) is -0.461. The minimum atomic E-state index is -0.543. The molecule has 0 spiro atoms. The SMILES string of the molecule is CN(C)C(N)=NCCNC(=O)c1cc([N+](=O)[O-])cn1C. The van der Waals surface area contributed by atoms with E-state index in [0.717, 1.165) is 0 Å². The largest absolute Gasteiger partial charge is 0.370 e. The van der Waals surface area contributed by atoms with Crippen LogP contribution in [0.5, 0.6) is 0 Å². The quantitative estimate of drug-likeness (QED) is 0.249. The van der Waals surface area contributed by atoms with E-state index in [1.54, 1.807) is 26.0 Å². The van der Waals surface area contributed by atoms with Crippen LogP contribution in [-0.2, 0) is 7.05 Å². The predicted molar refractivity (Wildman–Crippen MR) is 74.6 cm³/mol. The maximum atomic E-state index is 11.8. The first-order chi connectivity index (χ1) is 9.32. The van der Waals surface area contributed by atoms with Crippen molar-refractivity contribution in [2.75, 3.05) is 27.2 Å². The molecule has 20 heavy (non-hydrogen) atoms. The molecule has 9 nitrogen and oxygen atoms in total. The van der Waals surface area contributed by atoms with E-state index in [2.05, 4.69) is 10.3 Å². The first kappa shape index (κ1) is 15.5. The Hall–Kier alpha value is -2.58. The van der Waals surface area contributed by atoms with Crippen LogP contribution in [-0.4, -0.2) is 53.4 Å². The number of nitro groups is 1. The van der Waals surface area contributed by atoms with Crippen molar-refractivity contribution in [2.24, 2.45) is 17.8 Å². The summed E-state index contributed by atoms with van der Waals surface area (Å²) < 4.78 is 1.41. The summed E-state index contributed by atoms with van der Waals surface area (Å²) in [5.41, 5.74) is 5.69. The molecule has 0 fully saturated rings. The van der Waals surface area contributed by atoms with Crippen LogP contribution in [0.2, 0.25) is 0 Å². The summed E-state index contributed by atoms with van der Waals surface area (Å²) in [5.74, 6) is -0.0204. The summed E-state index contributed by atoms with van der Waals surface area (Å²) in [6.45, 7) is 0.634. The molecule has 110 valence electrons. The summed E-state index contributed by atoms with van der Waals surface area (Å²) in [6, 6.07) is 1.23. The summed E-state index contributed by atoms with van der Waals surface area (Å²) in [6.07, 6.45) is 1.29. The van der Waals surface area contributed by atoms with E-state index in [9.17, 15) is 14.9 Å². The number of nitrogens with two attached hydrogens (primary N) is 1. The molecular weight excluding hydrogens is 264 g/mol. The lowest BCUT2D eigenvalue weighted by atomic mass is 10.4. The normalized spacial score (nSPS) is 11.2. The van der Waals surface area contributed by atoms with Gasteiger partial charge < -0.3 is 20.5 Å². The van der Waals surface area contributed by atoms with E-state index in [1.165, 1.54) is 16.8 Å². The fourth-order valence-electron chi connectivity index (χ4n) is 1.44. The second-order valence-corrected chi connectivity index (χ2v) is 4.34. The monoisotopic (exact) mass is 282 g/mol. The van der Waals surface area contributed by atoms with Crippen molar-refractivity contribution in [2.45, 2.75) is 0 Å². The molecule has 0 bridgehead atoms. The Morgan fingerprint density at radius 3 is 2.75 bits per heavy atom. The number of guanidine groups is 1. The van der Waals surface area contributed by atoms with Crippen molar-refractivity contribution in [3.8, 4) is 0 Å². The molecule has 9 heteroatoms. The molecule has 1 aromatic heterocycles. The Morgan fingerprint density at radius 1 is 1.60 bits per heavy atom. The average molecular weight is 282 g/mol. The molecule has 0 atom stereocenters. The molecule has 0 saturated heterocycles.